The molecule has 0 saturated heterocycles. The fourth-order valence-electron chi connectivity index (χ4n) is 2.24. The van der Waals surface area contributed by atoms with Gasteiger partial charge in [-0.1, -0.05) is 29.8 Å². The Kier molecular flexibility index (Phi) is 4.43. The summed E-state index contributed by atoms with van der Waals surface area (Å²) in [6.45, 7) is 2.94. The maximum atomic E-state index is 6.20. The topological polar surface area (TPSA) is 21.3 Å². The Morgan fingerprint density at radius 2 is 2.12 bits per heavy atom. The third-order valence-corrected chi connectivity index (χ3v) is 3.72. The van der Waals surface area contributed by atoms with Crippen LogP contribution >= 0.6 is 11.6 Å². The second kappa shape index (κ2) is 5.85. The summed E-state index contributed by atoms with van der Waals surface area (Å²) in [6, 6.07) is 8.73. The Morgan fingerprint density at radius 3 is 2.71 bits per heavy atom. The average molecular weight is 254 g/mol. The molecule has 1 unspecified atom stereocenters. The van der Waals surface area contributed by atoms with Crippen molar-refractivity contribution in [1.82, 2.24) is 5.32 Å². The fourth-order valence-corrected chi connectivity index (χ4v) is 2.53. The second-order valence-corrected chi connectivity index (χ2v) is 5.22. The van der Waals surface area contributed by atoms with Gasteiger partial charge in [0.1, 0.15) is 0 Å². The molecule has 0 bridgehead atoms. The van der Waals surface area contributed by atoms with Gasteiger partial charge in [0.15, 0.2) is 0 Å². The number of hydrogen-bond acceptors (Lipinski definition) is 2. The molecule has 3 heteroatoms. The first-order valence-electron chi connectivity index (χ1n) is 6.21. The van der Waals surface area contributed by atoms with Gasteiger partial charge in [-0.05, 0) is 37.3 Å². The molecule has 0 aromatic heterocycles. The molecule has 0 spiro atoms. The molecule has 17 heavy (non-hydrogen) atoms. The van der Waals surface area contributed by atoms with Crippen LogP contribution in [0.15, 0.2) is 24.3 Å². The van der Waals surface area contributed by atoms with E-state index < -0.39 is 0 Å². The Hall–Kier alpha value is -0.570. The maximum Gasteiger partial charge on any atom is 0.0618 e. The van der Waals surface area contributed by atoms with E-state index in [0.29, 0.717) is 6.04 Å². The van der Waals surface area contributed by atoms with E-state index in [1.54, 1.807) is 7.11 Å². The van der Waals surface area contributed by atoms with E-state index in [-0.39, 0.29) is 6.04 Å². The minimum Gasteiger partial charge on any atom is -0.383 e. The molecule has 94 valence electrons. The van der Waals surface area contributed by atoms with Crippen molar-refractivity contribution in [1.29, 1.82) is 0 Å². The van der Waals surface area contributed by atoms with Crippen LogP contribution in [0.25, 0.3) is 0 Å². The Labute approximate surface area is 108 Å². The second-order valence-electron chi connectivity index (χ2n) is 4.81. The normalized spacial score (nSPS) is 19.0. The number of halogens is 1. The standard InChI is InChI=1S/C14H20ClNO/c1-10(12-5-3-4-6-13(12)15)16-14(9-17-2)11-7-8-11/h3-6,10-11,14,16H,7-9H2,1-2H3/t10-,14?/m1/s1. The van der Waals surface area contributed by atoms with Crippen LogP contribution in [0.1, 0.15) is 31.4 Å². The Morgan fingerprint density at radius 1 is 1.41 bits per heavy atom. The van der Waals surface area contributed by atoms with Crippen molar-refractivity contribution in [2.75, 3.05) is 13.7 Å². The summed E-state index contributed by atoms with van der Waals surface area (Å²) in [6.07, 6.45) is 2.63. The minimum absolute atomic E-state index is 0.268. The molecule has 1 aliphatic carbocycles. The molecule has 0 radical (unpaired) electrons. The summed E-state index contributed by atoms with van der Waals surface area (Å²) in [7, 11) is 1.76. The number of nitrogens with one attached hydrogen (secondary N) is 1. The zero-order valence-corrected chi connectivity index (χ0v) is 11.2. The Balaban J connectivity index is 1.99. The third kappa shape index (κ3) is 3.44. The molecule has 1 aliphatic rings. The summed E-state index contributed by atoms with van der Waals surface area (Å²) < 4.78 is 5.28. The maximum absolute atomic E-state index is 6.20. The minimum atomic E-state index is 0.268. The van der Waals surface area contributed by atoms with Gasteiger partial charge in [-0.25, -0.2) is 0 Å². The SMILES string of the molecule is COCC(N[C@H](C)c1ccccc1Cl)C1CC1. The van der Waals surface area contributed by atoms with Crippen molar-refractivity contribution in [3.05, 3.63) is 34.9 Å². The van der Waals surface area contributed by atoms with E-state index in [2.05, 4.69) is 18.3 Å². The monoisotopic (exact) mass is 253 g/mol. The van der Waals surface area contributed by atoms with Crippen molar-refractivity contribution in [2.24, 2.45) is 5.92 Å². The van der Waals surface area contributed by atoms with Gasteiger partial charge < -0.3 is 10.1 Å². The smallest absolute Gasteiger partial charge is 0.0618 e. The van der Waals surface area contributed by atoms with E-state index in [0.717, 1.165) is 23.1 Å². The van der Waals surface area contributed by atoms with E-state index in [4.69, 9.17) is 16.3 Å². The molecule has 0 aliphatic heterocycles. The molecule has 0 amide bonds. The van der Waals surface area contributed by atoms with E-state index >= 15 is 0 Å². The summed E-state index contributed by atoms with van der Waals surface area (Å²) in [5.41, 5.74) is 1.16. The molecule has 0 heterocycles. The van der Waals surface area contributed by atoms with Crippen LogP contribution in [-0.4, -0.2) is 19.8 Å². The zero-order chi connectivity index (χ0) is 12.3. The largest absolute Gasteiger partial charge is 0.383 e. The predicted molar refractivity (Wildman–Crippen MR) is 71.4 cm³/mol. The molecule has 1 fully saturated rings. The quantitative estimate of drug-likeness (QED) is 0.839. The van der Waals surface area contributed by atoms with Gasteiger partial charge >= 0.3 is 0 Å². The summed E-state index contributed by atoms with van der Waals surface area (Å²) >= 11 is 6.20. The first kappa shape index (κ1) is 12.9. The third-order valence-electron chi connectivity index (χ3n) is 3.37. The highest BCUT2D eigenvalue weighted by Gasteiger charge is 2.32. The van der Waals surface area contributed by atoms with E-state index in [1.165, 1.54) is 12.8 Å². The highest BCUT2D eigenvalue weighted by molar-refractivity contribution is 6.31. The summed E-state index contributed by atoms with van der Waals surface area (Å²) in [4.78, 5) is 0. The van der Waals surface area contributed by atoms with Crippen LogP contribution in [0.3, 0.4) is 0 Å². The van der Waals surface area contributed by atoms with Crippen LogP contribution in [0.5, 0.6) is 0 Å². The predicted octanol–water partition coefficient (Wildman–Crippen LogP) is 3.42. The first-order valence-corrected chi connectivity index (χ1v) is 6.59. The van der Waals surface area contributed by atoms with Gasteiger partial charge in [-0.2, -0.15) is 0 Å². The lowest BCUT2D eigenvalue weighted by Crippen LogP contribution is -2.37. The van der Waals surface area contributed by atoms with Gasteiger partial charge in [0.05, 0.1) is 6.61 Å². The molecule has 1 saturated carbocycles. The number of ether oxygens (including phenoxy) is 1. The van der Waals surface area contributed by atoms with Crippen molar-refractivity contribution >= 4 is 11.6 Å². The molecular formula is C14H20ClNO. The van der Waals surface area contributed by atoms with E-state index in [9.17, 15) is 0 Å². The van der Waals surface area contributed by atoms with Crippen LogP contribution in [-0.2, 0) is 4.74 Å². The molecule has 2 nitrogen and oxygen atoms in total. The summed E-state index contributed by atoms with van der Waals surface area (Å²) in [5.74, 6) is 0.778. The molecular weight excluding hydrogens is 234 g/mol. The first-order chi connectivity index (χ1) is 8.22. The van der Waals surface area contributed by atoms with E-state index in [1.807, 2.05) is 18.2 Å². The number of hydrogen-bond donors (Lipinski definition) is 1. The van der Waals surface area contributed by atoms with Gasteiger partial charge in [0.25, 0.3) is 0 Å². The van der Waals surface area contributed by atoms with Crippen LogP contribution < -0.4 is 5.32 Å². The highest BCUT2D eigenvalue weighted by Crippen LogP contribution is 2.34. The lowest BCUT2D eigenvalue weighted by Gasteiger charge is -2.23. The molecule has 1 aromatic rings. The molecule has 2 rings (SSSR count). The van der Waals surface area contributed by atoms with Gasteiger partial charge in [0.2, 0.25) is 0 Å². The zero-order valence-electron chi connectivity index (χ0n) is 10.4. The summed E-state index contributed by atoms with van der Waals surface area (Å²) in [5, 5.41) is 4.46. The van der Waals surface area contributed by atoms with Crippen molar-refractivity contribution in [3.63, 3.8) is 0 Å². The van der Waals surface area contributed by atoms with Gasteiger partial charge in [0, 0.05) is 24.2 Å². The fraction of sp³-hybridized carbons (Fsp3) is 0.571. The van der Waals surface area contributed by atoms with Crippen LogP contribution in [0, 0.1) is 5.92 Å². The lowest BCUT2D eigenvalue weighted by molar-refractivity contribution is 0.152. The van der Waals surface area contributed by atoms with Crippen molar-refractivity contribution in [2.45, 2.75) is 31.8 Å². The lowest BCUT2D eigenvalue weighted by atomic mass is 10.1. The molecule has 2 atom stereocenters. The number of methoxy groups -OCH3 is 1. The van der Waals surface area contributed by atoms with Crippen molar-refractivity contribution in [3.8, 4) is 0 Å². The number of rotatable bonds is 6. The average Bonchev–Trinajstić information content (AvgIpc) is 3.12. The highest BCUT2D eigenvalue weighted by atomic mass is 35.5. The van der Waals surface area contributed by atoms with Crippen LogP contribution in [0.2, 0.25) is 5.02 Å². The molecule has 1 aromatic carbocycles. The number of benzene rings is 1. The van der Waals surface area contributed by atoms with Gasteiger partial charge in [-0.3, -0.25) is 0 Å². The Bertz CT molecular complexity index is 365. The molecule has 1 N–H and O–H groups in total. The van der Waals surface area contributed by atoms with Gasteiger partial charge in [-0.15, -0.1) is 0 Å². The van der Waals surface area contributed by atoms with Crippen molar-refractivity contribution < 1.29 is 4.74 Å². The van der Waals surface area contributed by atoms with Crippen LogP contribution in [0.4, 0.5) is 0 Å².